The number of carbonyl (C=O) groups excluding carboxylic acids is 1. The van der Waals surface area contributed by atoms with Crippen molar-refractivity contribution in [2.45, 2.75) is 24.5 Å². The molecule has 1 amide bonds. The second-order valence-corrected chi connectivity index (χ2v) is 6.97. The Morgan fingerprint density at radius 3 is 3.08 bits per heavy atom. The number of rotatable bonds is 3. The van der Waals surface area contributed by atoms with Crippen LogP contribution in [-0.2, 0) is 4.79 Å². The highest BCUT2D eigenvalue weighted by Gasteiger charge is 2.26. The van der Waals surface area contributed by atoms with Gasteiger partial charge in [-0.15, -0.1) is 0 Å². The third kappa shape index (κ3) is 3.02. The van der Waals surface area contributed by atoms with Crippen molar-refractivity contribution in [1.82, 2.24) is 14.5 Å². The summed E-state index contributed by atoms with van der Waals surface area (Å²) in [5, 5.41) is 4.56. The molecule has 0 saturated heterocycles. The van der Waals surface area contributed by atoms with E-state index < -0.39 is 0 Å². The molecule has 0 aliphatic carbocycles. The fraction of sp³-hybridized carbons (Fsp3) is 0.222. The van der Waals surface area contributed by atoms with Gasteiger partial charge in [-0.1, -0.05) is 30.0 Å². The van der Waals surface area contributed by atoms with Crippen LogP contribution in [0.25, 0.3) is 10.9 Å². The van der Waals surface area contributed by atoms with Crippen LogP contribution in [0.4, 0.5) is 5.69 Å². The molecule has 0 fully saturated rings. The molecule has 1 N–H and O–H groups in total. The van der Waals surface area contributed by atoms with E-state index in [1.165, 1.54) is 24.0 Å². The van der Waals surface area contributed by atoms with Crippen molar-refractivity contribution in [3.8, 4) is 0 Å². The van der Waals surface area contributed by atoms with Gasteiger partial charge in [-0.3, -0.25) is 19.1 Å². The van der Waals surface area contributed by atoms with E-state index >= 15 is 0 Å². The van der Waals surface area contributed by atoms with Gasteiger partial charge in [0.15, 0.2) is 5.16 Å². The Kier molecular flexibility index (Phi) is 4.01. The zero-order chi connectivity index (χ0) is 17.4. The molecule has 7 heteroatoms. The number of fused-ring (bicyclic) bond motifs is 2. The maximum atomic E-state index is 12.6. The summed E-state index contributed by atoms with van der Waals surface area (Å²) in [5.41, 5.74) is 2.33. The van der Waals surface area contributed by atoms with Crippen molar-refractivity contribution < 1.29 is 4.79 Å². The molecule has 6 nitrogen and oxygen atoms in total. The van der Waals surface area contributed by atoms with Crippen LogP contribution < -0.4 is 10.9 Å². The monoisotopic (exact) mass is 352 g/mol. The second kappa shape index (κ2) is 6.33. The van der Waals surface area contributed by atoms with Crippen LogP contribution in [0.15, 0.2) is 52.5 Å². The van der Waals surface area contributed by atoms with Gasteiger partial charge >= 0.3 is 0 Å². The largest absolute Gasteiger partial charge is 0.325 e. The van der Waals surface area contributed by atoms with Gasteiger partial charge in [0.2, 0.25) is 5.91 Å². The lowest BCUT2D eigenvalue weighted by molar-refractivity contribution is -0.116. The molecule has 126 valence electrons. The predicted octanol–water partition coefficient (Wildman–Crippen LogP) is 2.78. The normalized spacial score (nSPS) is 16.0. The highest BCUT2D eigenvalue weighted by Crippen LogP contribution is 2.32. The first kappa shape index (κ1) is 15.8. The van der Waals surface area contributed by atoms with E-state index in [0.29, 0.717) is 10.9 Å². The van der Waals surface area contributed by atoms with Gasteiger partial charge in [0.1, 0.15) is 0 Å². The minimum atomic E-state index is -0.171. The fourth-order valence-corrected chi connectivity index (χ4v) is 4.19. The Balaban J connectivity index is 1.58. The molecule has 3 aromatic rings. The van der Waals surface area contributed by atoms with Gasteiger partial charge in [0.05, 0.1) is 17.2 Å². The van der Waals surface area contributed by atoms with Gasteiger partial charge in [-0.2, -0.15) is 0 Å². The quantitative estimate of drug-likeness (QED) is 0.734. The molecule has 1 aliphatic heterocycles. The molecule has 0 spiro atoms. The minimum Gasteiger partial charge on any atom is -0.325 e. The molecule has 1 aliphatic rings. The Hall–Kier alpha value is -2.67. The SMILES string of the molecule is Cc1cc(NC(=O)CC2CSc3nccc(=O)n32)c2ccccc2n1. The molecule has 1 unspecified atom stereocenters. The molecule has 0 radical (unpaired) electrons. The molecule has 3 heterocycles. The number of thioether (sulfide) groups is 1. The van der Waals surface area contributed by atoms with Crippen LogP contribution >= 0.6 is 11.8 Å². The van der Waals surface area contributed by atoms with Crippen molar-refractivity contribution in [2.75, 3.05) is 11.1 Å². The van der Waals surface area contributed by atoms with Crippen LogP contribution in [0.1, 0.15) is 18.2 Å². The van der Waals surface area contributed by atoms with Crippen LogP contribution in [0.3, 0.4) is 0 Å². The fourth-order valence-electron chi connectivity index (χ4n) is 3.07. The number of aryl methyl sites for hydroxylation is 1. The highest BCUT2D eigenvalue weighted by molar-refractivity contribution is 7.99. The summed E-state index contributed by atoms with van der Waals surface area (Å²) >= 11 is 1.51. The number of anilines is 1. The third-order valence-electron chi connectivity index (χ3n) is 4.15. The summed E-state index contributed by atoms with van der Waals surface area (Å²) in [6, 6.07) is 10.8. The number of hydrogen-bond donors (Lipinski definition) is 1. The number of amides is 1. The summed E-state index contributed by atoms with van der Waals surface area (Å²) in [6.45, 7) is 1.90. The van der Waals surface area contributed by atoms with Gasteiger partial charge in [0.25, 0.3) is 5.56 Å². The maximum absolute atomic E-state index is 12.6. The number of para-hydroxylation sites is 1. The average molecular weight is 352 g/mol. The Bertz CT molecular complexity index is 1030. The Morgan fingerprint density at radius 1 is 1.36 bits per heavy atom. The van der Waals surface area contributed by atoms with Gasteiger partial charge < -0.3 is 5.32 Å². The third-order valence-corrected chi connectivity index (χ3v) is 5.27. The number of hydrogen-bond acceptors (Lipinski definition) is 5. The van der Waals surface area contributed by atoms with E-state index in [4.69, 9.17) is 0 Å². The summed E-state index contributed by atoms with van der Waals surface area (Å²) in [5.74, 6) is 0.556. The van der Waals surface area contributed by atoms with E-state index in [1.54, 1.807) is 4.57 Å². The van der Waals surface area contributed by atoms with Crippen molar-refractivity contribution in [1.29, 1.82) is 0 Å². The van der Waals surface area contributed by atoms with Gasteiger partial charge in [0, 0.05) is 35.5 Å². The molecule has 25 heavy (non-hydrogen) atoms. The maximum Gasteiger partial charge on any atom is 0.254 e. The van der Waals surface area contributed by atoms with Crippen molar-refractivity contribution in [2.24, 2.45) is 0 Å². The van der Waals surface area contributed by atoms with Crippen molar-refractivity contribution in [3.63, 3.8) is 0 Å². The summed E-state index contributed by atoms with van der Waals surface area (Å²) in [6.07, 6.45) is 1.75. The first-order chi connectivity index (χ1) is 12.1. The lowest BCUT2D eigenvalue weighted by Gasteiger charge is -2.14. The topological polar surface area (TPSA) is 76.9 Å². The molecule has 0 bridgehead atoms. The summed E-state index contributed by atoms with van der Waals surface area (Å²) < 4.78 is 1.61. The van der Waals surface area contributed by atoms with Crippen LogP contribution in [0.5, 0.6) is 0 Å². The smallest absolute Gasteiger partial charge is 0.254 e. The number of carbonyl (C=O) groups is 1. The molecular weight excluding hydrogens is 336 g/mol. The molecule has 2 aromatic heterocycles. The van der Waals surface area contributed by atoms with Crippen molar-refractivity contribution >= 4 is 34.3 Å². The molecule has 1 aromatic carbocycles. The molecule has 0 saturated carbocycles. The van der Waals surface area contributed by atoms with E-state index in [-0.39, 0.29) is 23.9 Å². The lowest BCUT2D eigenvalue weighted by Crippen LogP contribution is -2.26. The number of nitrogens with zero attached hydrogens (tertiary/aromatic N) is 3. The van der Waals surface area contributed by atoms with Gasteiger partial charge in [-0.05, 0) is 19.1 Å². The molecule has 4 rings (SSSR count). The van der Waals surface area contributed by atoms with E-state index in [2.05, 4.69) is 15.3 Å². The highest BCUT2D eigenvalue weighted by atomic mass is 32.2. The van der Waals surface area contributed by atoms with Crippen LogP contribution in [0.2, 0.25) is 0 Å². The van der Waals surface area contributed by atoms with E-state index in [0.717, 1.165) is 22.3 Å². The summed E-state index contributed by atoms with van der Waals surface area (Å²) in [4.78, 5) is 33.3. The zero-order valence-electron chi connectivity index (χ0n) is 13.6. The zero-order valence-corrected chi connectivity index (χ0v) is 14.4. The van der Waals surface area contributed by atoms with E-state index in [1.807, 2.05) is 37.3 Å². The number of aromatic nitrogens is 3. The predicted molar refractivity (Wildman–Crippen MR) is 98.0 cm³/mol. The Morgan fingerprint density at radius 2 is 2.20 bits per heavy atom. The number of benzene rings is 1. The summed E-state index contributed by atoms with van der Waals surface area (Å²) in [7, 11) is 0. The lowest BCUT2D eigenvalue weighted by atomic mass is 10.1. The standard InChI is InChI=1S/C18H16N4O2S/c1-11-8-15(13-4-2-3-5-14(13)20-11)21-16(23)9-12-10-25-18-19-7-6-17(24)22(12)18/h2-8,12H,9-10H2,1H3,(H,20,21,23). The molecular formula is C18H16N4O2S. The van der Waals surface area contributed by atoms with Crippen molar-refractivity contribution in [3.05, 3.63) is 58.6 Å². The second-order valence-electron chi connectivity index (χ2n) is 5.98. The van der Waals surface area contributed by atoms with Crippen LogP contribution in [-0.4, -0.2) is 26.2 Å². The van der Waals surface area contributed by atoms with Gasteiger partial charge in [-0.25, -0.2) is 4.98 Å². The first-order valence-corrected chi connectivity index (χ1v) is 8.97. The van der Waals surface area contributed by atoms with E-state index in [9.17, 15) is 9.59 Å². The number of nitrogens with one attached hydrogen (secondary N) is 1. The number of pyridine rings is 1. The Labute approximate surface area is 148 Å². The first-order valence-electron chi connectivity index (χ1n) is 7.98. The average Bonchev–Trinajstić information content (AvgIpc) is 2.99. The minimum absolute atomic E-state index is 0.113. The molecule has 1 atom stereocenters. The van der Waals surface area contributed by atoms with Crippen LogP contribution in [0, 0.1) is 6.92 Å².